The lowest BCUT2D eigenvalue weighted by Gasteiger charge is -2.60. The molecule has 4 aliphatic carbocycles. The summed E-state index contributed by atoms with van der Waals surface area (Å²) in [4.78, 5) is 55.2. The van der Waals surface area contributed by atoms with E-state index < -0.39 is 23.7 Å². The molecule has 2 saturated carbocycles. The fourth-order valence-electron chi connectivity index (χ4n) is 6.81. The Hall–Kier alpha value is -2.58. The van der Waals surface area contributed by atoms with Gasteiger partial charge >= 0.3 is 0 Å². The summed E-state index contributed by atoms with van der Waals surface area (Å²) in [7, 11) is 0. The zero-order chi connectivity index (χ0) is 22.6. The minimum absolute atomic E-state index is 0.0551. The smallest absolute Gasteiger partial charge is 0.233 e. The first-order valence-electron chi connectivity index (χ1n) is 11.3. The van der Waals surface area contributed by atoms with Crippen molar-refractivity contribution < 1.29 is 28.7 Å². The van der Waals surface area contributed by atoms with Gasteiger partial charge in [-0.15, -0.1) is 13.2 Å². The van der Waals surface area contributed by atoms with Gasteiger partial charge in [-0.2, -0.15) is 0 Å². The predicted octanol–water partition coefficient (Wildman–Crippen LogP) is 0.656. The fourth-order valence-corrected chi connectivity index (χ4v) is 6.81. The van der Waals surface area contributed by atoms with Gasteiger partial charge in [-0.3, -0.25) is 29.0 Å². The first kappa shape index (κ1) is 21.3. The van der Waals surface area contributed by atoms with E-state index >= 15 is 0 Å². The van der Waals surface area contributed by atoms with Gasteiger partial charge in [-0.05, 0) is 23.7 Å². The van der Waals surface area contributed by atoms with Crippen molar-refractivity contribution in [2.24, 2.45) is 47.3 Å². The first-order valence-corrected chi connectivity index (χ1v) is 11.3. The summed E-state index contributed by atoms with van der Waals surface area (Å²) in [6.45, 7) is 8.89. The molecule has 170 valence electrons. The van der Waals surface area contributed by atoms with Crippen LogP contribution in [-0.4, -0.2) is 72.9 Å². The second-order valence-electron chi connectivity index (χ2n) is 9.18. The molecular formula is C24H28N2O6. The number of likely N-dealkylation sites (tertiary alicyclic amines) is 2. The molecule has 2 bridgehead atoms. The quantitative estimate of drug-likeness (QED) is 0.281. The molecule has 2 heterocycles. The third kappa shape index (κ3) is 2.82. The fraction of sp³-hybridized carbons (Fsp3) is 0.583. The molecule has 6 rings (SSSR count). The molecule has 8 atom stereocenters. The maximum Gasteiger partial charge on any atom is 0.233 e. The summed E-state index contributed by atoms with van der Waals surface area (Å²) in [6.07, 6.45) is 7.27. The Morgan fingerprint density at radius 2 is 1.06 bits per heavy atom. The lowest BCUT2D eigenvalue weighted by atomic mass is 9.40. The topological polar surface area (TPSA) is 93.2 Å². The number of nitrogens with zero attached hydrogens (tertiary/aromatic N) is 2. The van der Waals surface area contributed by atoms with Gasteiger partial charge in [0.1, 0.15) is 0 Å². The van der Waals surface area contributed by atoms with Crippen LogP contribution in [0, 0.1) is 47.3 Å². The molecule has 0 aromatic carbocycles. The molecule has 6 aliphatic rings. The van der Waals surface area contributed by atoms with Crippen LogP contribution in [0.4, 0.5) is 0 Å². The maximum atomic E-state index is 13.2. The molecule has 8 nitrogen and oxygen atoms in total. The number of allylic oxidation sites excluding steroid dienone is 2. The predicted molar refractivity (Wildman–Crippen MR) is 113 cm³/mol. The van der Waals surface area contributed by atoms with Crippen molar-refractivity contribution >= 4 is 23.6 Å². The third-order valence-electron chi connectivity index (χ3n) is 7.92. The molecule has 4 fully saturated rings. The van der Waals surface area contributed by atoms with E-state index in [2.05, 4.69) is 13.2 Å². The van der Waals surface area contributed by atoms with Crippen molar-refractivity contribution in [3.05, 3.63) is 37.5 Å². The van der Waals surface area contributed by atoms with Crippen LogP contribution in [0.3, 0.4) is 0 Å². The van der Waals surface area contributed by atoms with Crippen LogP contribution in [-0.2, 0) is 28.7 Å². The number of hydrogen-bond donors (Lipinski definition) is 0. The Bertz CT molecular complexity index is 856. The van der Waals surface area contributed by atoms with Crippen LogP contribution in [0.25, 0.3) is 0 Å². The molecule has 2 aliphatic heterocycles. The van der Waals surface area contributed by atoms with E-state index in [0.29, 0.717) is 13.2 Å². The van der Waals surface area contributed by atoms with E-state index in [0.717, 1.165) is 0 Å². The molecule has 2 saturated heterocycles. The van der Waals surface area contributed by atoms with Crippen LogP contribution in [0.15, 0.2) is 37.5 Å². The van der Waals surface area contributed by atoms with E-state index in [1.165, 1.54) is 9.80 Å². The number of fused-ring (bicyclic) bond motifs is 1. The summed E-state index contributed by atoms with van der Waals surface area (Å²) in [5, 5.41) is 0. The monoisotopic (exact) mass is 440 g/mol. The molecule has 0 aromatic rings. The second-order valence-corrected chi connectivity index (χ2v) is 9.18. The molecule has 0 unspecified atom stereocenters. The molecule has 0 radical (unpaired) electrons. The number of ether oxygens (including phenoxy) is 2. The lowest BCUT2D eigenvalue weighted by Crippen LogP contribution is -2.63. The molecule has 0 spiro atoms. The van der Waals surface area contributed by atoms with Crippen LogP contribution < -0.4 is 0 Å². The molecule has 0 aromatic heterocycles. The number of imide groups is 2. The maximum absolute atomic E-state index is 13.2. The van der Waals surface area contributed by atoms with Crippen molar-refractivity contribution in [3.8, 4) is 0 Å². The Morgan fingerprint density at radius 1 is 0.688 bits per heavy atom. The molecule has 0 N–H and O–H groups in total. The summed E-state index contributed by atoms with van der Waals surface area (Å²) in [5.74, 6) is -2.79. The van der Waals surface area contributed by atoms with Crippen molar-refractivity contribution in [2.45, 2.75) is 0 Å². The van der Waals surface area contributed by atoms with Gasteiger partial charge < -0.3 is 9.47 Å². The van der Waals surface area contributed by atoms with Gasteiger partial charge in [-0.1, -0.05) is 24.3 Å². The van der Waals surface area contributed by atoms with Gasteiger partial charge in [0.2, 0.25) is 23.6 Å². The van der Waals surface area contributed by atoms with E-state index in [1.807, 2.05) is 12.2 Å². The lowest BCUT2D eigenvalue weighted by molar-refractivity contribution is -0.166. The van der Waals surface area contributed by atoms with Crippen molar-refractivity contribution in [1.29, 1.82) is 0 Å². The van der Waals surface area contributed by atoms with E-state index in [1.54, 1.807) is 12.2 Å². The first-order chi connectivity index (χ1) is 15.5. The highest BCUT2D eigenvalue weighted by molar-refractivity contribution is 6.09. The standard InChI is InChI=1S/C24H28N2O6/c1-3-9-31-11-7-25-21(27)17-13-5-6-14(18(17)22(25)28)16-15(13)19-20(16)24(30)26(23(19)29)8-12-32-10-4-2/h3-6,13-20H,1-2,7-12H2/t13-,14-,15-,16-,17-,18+,19-,20-/m1/s1. The highest BCUT2D eigenvalue weighted by Crippen LogP contribution is 2.68. The average molecular weight is 440 g/mol. The number of rotatable bonds is 10. The van der Waals surface area contributed by atoms with Crippen molar-refractivity contribution in [1.82, 2.24) is 9.80 Å². The number of carbonyl (C=O) groups excluding carboxylic acids is 4. The highest BCUT2D eigenvalue weighted by Gasteiger charge is 2.74. The van der Waals surface area contributed by atoms with Gasteiger partial charge in [0, 0.05) is 0 Å². The van der Waals surface area contributed by atoms with Gasteiger partial charge in [0.15, 0.2) is 0 Å². The Balaban J connectivity index is 1.33. The summed E-state index contributed by atoms with van der Waals surface area (Å²) >= 11 is 0. The molecule has 8 heteroatoms. The third-order valence-corrected chi connectivity index (χ3v) is 7.92. The minimum Gasteiger partial charge on any atom is -0.376 e. The minimum atomic E-state index is -0.438. The largest absolute Gasteiger partial charge is 0.376 e. The van der Waals surface area contributed by atoms with Crippen molar-refractivity contribution in [2.75, 3.05) is 39.5 Å². The van der Waals surface area contributed by atoms with Crippen LogP contribution in [0.1, 0.15) is 0 Å². The van der Waals surface area contributed by atoms with Crippen molar-refractivity contribution in [3.63, 3.8) is 0 Å². The SMILES string of the molecule is C=CCOCCN1C(=O)[C@@H]2[C@@H]3C=C[C@@H]([C@@H]2C1=O)[C@H]1[C@H]2C(=O)N(CCOCC=C)C(=O)[C@@H]2[C@H]31. The van der Waals surface area contributed by atoms with Gasteiger partial charge in [0.05, 0.1) is 63.2 Å². The van der Waals surface area contributed by atoms with E-state index in [9.17, 15) is 19.2 Å². The van der Waals surface area contributed by atoms with Gasteiger partial charge in [0.25, 0.3) is 0 Å². The van der Waals surface area contributed by atoms with Gasteiger partial charge in [-0.25, -0.2) is 0 Å². The van der Waals surface area contributed by atoms with E-state index in [-0.39, 0.29) is 73.6 Å². The summed E-state index contributed by atoms with van der Waals surface area (Å²) in [5.41, 5.74) is 0. The number of hydrogen-bond acceptors (Lipinski definition) is 6. The Labute approximate surface area is 186 Å². The van der Waals surface area contributed by atoms with Crippen LogP contribution in [0.5, 0.6) is 0 Å². The highest BCUT2D eigenvalue weighted by atomic mass is 16.5. The molecule has 4 amide bonds. The normalized spacial score (nSPS) is 38.6. The Kier molecular flexibility index (Phi) is 5.37. The van der Waals surface area contributed by atoms with E-state index in [4.69, 9.17) is 9.47 Å². The average Bonchev–Trinajstić information content (AvgIpc) is 3.14. The second kappa shape index (κ2) is 8.08. The summed E-state index contributed by atoms with van der Waals surface area (Å²) in [6, 6.07) is 0. The summed E-state index contributed by atoms with van der Waals surface area (Å²) < 4.78 is 10.7. The number of carbonyl (C=O) groups is 4. The number of amides is 4. The Morgan fingerprint density at radius 3 is 1.44 bits per heavy atom. The zero-order valence-corrected chi connectivity index (χ0v) is 17.9. The zero-order valence-electron chi connectivity index (χ0n) is 17.9. The molecular weight excluding hydrogens is 412 g/mol. The van der Waals surface area contributed by atoms with Crippen LogP contribution >= 0.6 is 0 Å². The molecule has 32 heavy (non-hydrogen) atoms. The van der Waals surface area contributed by atoms with Crippen LogP contribution in [0.2, 0.25) is 0 Å².